The van der Waals surface area contributed by atoms with E-state index >= 15 is 0 Å². The normalized spacial score (nSPS) is 24.9. The van der Waals surface area contributed by atoms with Gasteiger partial charge in [0.1, 0.15) is 12.4 Å². The van der Waals surface area contributed by atoms with Crippen molar-refractivity contribution in [1.29, 1.82) is 0 Å². The van der Waals surface area contributed by atoms with Gasteiger partial charge in [-0.2, -0.15) is 0 Å². The number of nitrogens with one attached hydrogen (secondary N) is 1. The number of hydrogen-bond donors (Lipinski definition) is 2. The number of amides is 2. The number of carboxylic acids is 1. The van der Waals surface area contributed by atoms with Gasteiger partial charge in [0, 0.05) is 11.9 Å². The monoisotopic (exact) mass is 308 g/mol. The highest BCUT2D eigenvalue weighted by Gasteiger charge is 2.48. The lowest BCUT2D eigenvalue weighted by Gasteiger charge is -2.27. The van der Waals surface area contributed by atoms with E-state index in [0.717, 1.165) is 12.8 Å². The van der Waals surface area contributed by atoms with Crippen molar-refractivity contribution < 1.29 is 14.7 Å². The fraction of sp³-hybridized carbons (Fsp3) is 0.538. The summed E-state index contributed by atoms with van der Waals surface area (Å²) in [4.78, 5) is 33.0. The van der Waals surface area contributed by atoms with Crippen molar-refractivity contribution >= 4 is 23.8 Å². The average Bonchev–Trinajstić information content (AvgIpc) is 3.24. The quantitative estimate of drug-likeness (QED) is 0.859. The Labute approximate surface area is 126 Å². The topological polar surface area (TPSA) is 95.4 Å². The smallest absolute Gasteiger partial charge is 0.327 e. The van der Waals surface area contributed by atoms with Crippen molar-refractivity contribution in [2.45, 2.75) is 30.8 Å². The summed E-state index contributed by atoms with van der Waals surface area (Å²) in [6, 6.07) is 0.639. The number of urea groups is 1. The summed E-state index contributed by atoms with van der Waals surface area (Å²) in [6.45, 7) is 0.270. The minimum atomic E-state index is -0.942. The number of aliphatic carboxylic acids is 1. The van der Waals surface area contributed by atoms with E-state index < -0.39 is 12.0 Å². The van der Waals surface area contributed by atoms with Crippen LogP contribution in [-0.2, 0) is 11.3 Å². The first-order valence-corrected chi connectivity index (χ1v) is 7.87. The molecule has 2 unspecified atom stereocenters. The van der Waals surface area contributed by atoms with Crippen LogP contribution >= 0.6 is 11.8 Å². The van der Waals surface area contributed by atoms with Gasteiger partial charge in [-0.15, -0.1) is 11.8 Å². The summed E-state index contributed by atoms with van der Waals surface area (Å²) in [5.41, 5.74) is 0.694. The zero-order chi connectivity index (χ0) is 14.8. The van der Waals surface area contributed by atoms with Gasteiger partial charge in [0.05, 0.1) is 17.6 Å². The molecule has 112 valence electrons. The van der Waals surface area contributed by atoms with Crippen molar-refractivity contribution in [3.05, 3.63) is 24.3 Å². The highest BCUT2D eigenvalue weighted by Crippen LogP contribution is 2.45. The summed E-state index contributed by atoms with van der Waals surface area (Å²) >= 11 is 1.57. The first-order chi connectivity index (χ1) is 10.2. The molecule has 7 nitrogen and oxygen atoms in total. The van der Waals surface area contributed by atoms with Crippen molar-refractivity contribution in [3.8, 4) is 0 Å². The first-order valence-electron chi connectivity index (χ1n) is 6.82. The van der Waals surface area contributed by atoms with Crippen LogP contribution in [0.15, 0.2) is 18.6 Å². The van der Waals surface area contributed by atoms with Crippen LogP contribution in [0.25, 0.3) is 0 Å². The number of thioether (sulfide) groups is 1. The molecule has 1 saturated carbocycles. The van der Waals surface area contributed by atoms with Crippen molar-refractivity contribution in [1.82, 2.24) is 20.2 Å². The lowest BCUT2D eigenvalue weighted by Crippen LogP contribution is -2.50. The Morgan fingerprint density at radius 3 is 2.90 bits per heavy atom. The molecule has 2 fully saturated rings. The summed E-state index contributed by atoms with van der Waals surface area (Å²) in [6.07, 6.45) is 5.16. The summed E-state index contributed by atoms with van der Waals surface area (Å²) < 4.78 is 0. The third-order valence-corrected chi connectivity index (χ3v) is 5.11. The van der Waals surface area contributed by atoms with Crippen LogP contribution in [0.4, 0.5) is 4.79 Å². The second-order valence-corrected chi connectivity index (χ2v) is 6.33. The third-order valence-electron chi connectivity index (χ3n) is 3.64. The van der Waals surface area contributed by atoms with Crippen molar-refractivity contribution in [2.75, 3.05) is 5.75 Å². The van der Waals surface area contributed by atoms with Gasteiger partial charge >= 0.3 is 12.0 Å². The standard InChI is InChI=1S/C13H16N4O3S/c18-12(19)10-6-21-11(8-1-2-8)17(10)13(20)15-5-9-3-4-14-7-16-9/h3-4,7-8,10-11H,1-2,5-6H2,(H,15,20)(H,18,19). The lowest BCUT2D eigenvalue weighted by atomic mass is 10.2. The van der Waals surface area contributed by atoms with E-state index in [-0.39, 0.29) is 17.9 Å². The van der Waals surface area contributed by atoms with Gasteiger partial charge in [-0.05, 0) is 24.8 Å². The average molecular weight is 308 g/mol. The van der Waals surface area contributed by atoms with Crippen LogP contribution in [-0.4, -0.2) is 49.1 Å². The maximum Gasteiger partial charge on any atom is 0.327 e. The van der Waals surface area contributed by atoms with Gasteiger partial charge in [-0.3, -0.25) is 4.90 Å². The fourth-order valence-electron chi connectivity index (χ4n) is 2.40. The summed E-state index contributed by atoms with van der Waals surface area (Å²) in [5, 5.41) is 12.0. The Morgan fingerprint density at radius 2 is 2.29 bits per heavy atom. The molecule has 0 spiro atoms. The number of nitrogens with zero attached hydrogens (tertiary/aromatic N) is 3. The minimum Gasteiger partial charge on any atom is -0.480 e. The molecule has 2 aliphatic rings. The number of carbonyl (C=O) groups is 2. The first kappa shape index (κ1) is 14.1. The van der Waals surface area contributed by atoms with E-state index in [1.807, 2.05) is 0 Å². The molecule has 8 heteroatoms. The molecule has 1 aromatic rings. The van der Waals surface area contributed by atoms with Crippen molar-refractivity contribution in [3.63, 3.8) is 0 Å². The van der Waals surface area contributed by atoms with Crippen LogP contribution in [0.3, 0.4) is 0 Å². The van der Waals surface area contributed by atoms with Crippen LogP contribution in [0.5, 0.6) is 0 Å². The van der Waals surface area contributed by atoms with E-state index in [1.165, 1.54) is 11.2 Å². The van der Waals surface area contributed by atoms with Crippen LogP contribution in [0.1, 0.15) is 18.5 Å². The molecule has 2 atom stereocenters. The fourth-order valence-corrected chi connectivity index (χ4v) is 4.03. The number of aromatic nitrogens is 2. The maximum absolute atomic E-state index is 12.4. The molecular weight excluding hydrogens is 292 g/mol. The van der Waals surface area contributed by atoms with Gasteiger partial charge < -0.3 is 10.4 Å². The van der Waals surface area contributed by atoms with Gasteiger partial charge in [0.2, 0.25) is 0 Å². The Bertz CT molecular complexity index is 537. The molecule has 1 aliphatic carbocycles. The van der Waals surface area contributed by atoms with Gasteiger partial charge in [0.25, 0.3) is 0 Å². The molecule has 0 aromatic carbocycles. The van der Waals surface area contributed by atoms with E-state index in [2.05, 4.69) is 15.3 Å². The largest absolute Gasteiger partial charge is 0.480 e. The van der Waals surface area contributed by atoms with Crippen molar-refractivity contribution in [2.24, 2.45) is 5.92 Å². The number of carboxylic acid groups (broad SMARTS) is 1. The molecule has 2 amide bonds. The highest BCUT2D eigenvalue weighted by atomic mass is 32.2. The molecule has 1 saturated heterocycles. The van der Waals surface area contributed by atoms with Gasteiger partial charge in [-0.25, -0.2) is 19.6 Å². The Morgan fingerprint density at radius 1 is 1.48 bits per heavy atom. The molecule has 0 radical (unpaired) electrons. The SMILES string of the molecule is O=C(O)C1CSC(C2CC2)N1C(=O)NCc1ccncn1. The molecule has 2 heterocycles. The van der Waals surface area contributed by atoms with E-state index in [4.69, 9.17) is 0 Å². The number of rotatable bonds is 4. The lowest BCUT2D eigenvalue weighted by molar-refractivity contribution is -0.141. The predicted octanol–water partition coefficient (Wildman–Crippen LogP) is 0.924. The predicted molar refractivity (Wildman–Crippen MR) is 76.5 cm³/mol. The second-order valence-electron chi connectivity index (χ2n) is 5.18. The summed E-state index contributed by atoms with van der Waals surface area (Å²) in [5.74, 6) is -0.0516. The summed E-state index contributed by atoms with van der Waals surface area (Å²) in [7, 11) is 0. The molecule has 2 N–H and O–H groups in total. The zero-order valence-electron chi connectivity index (χ0n) is 11.3. The molecule has 1 aliphatic heterocycles. The third kappa shape index (κ3) is 3.10. The number of hydrogen-bond acceptors (Lipinski definition) is 5. The highest BCUT2D eigenvalue weighted by molar-refractivity contribution is 8.00. The Balaban J connectivity index is 1.66. The Hall–Kier alpha value is -1.83. The molecule has 21 heavy (non-hydrogen) atoms. The van der Waals surface area contributed by atoms with Crippen LogP contribution < -0.4 is 5.32 Å². The van der Waals surface area contributed by atoms with E-state index in [1.54, 1.807) is 24.0 Å². The van der Waals surface area contributed by atoms with Gasteiger partial charge in [0.15, 0.2) is 0 Å². The van der Waals surface area contributed by atoms with Crippen LogP contribution in [0, 0.1) is 5.92 Å². The maximum atomic E-state index is 12.4. The molecular formula is C13H16N4O3S. The molecule has 3 rings (SSSR count). The zero-order valence-corrected chi connectivity index (χ0v) is 12.1. The minimum absolute atomic E-state index is 0.0171. The van der Waals surface area contributed by atoms with Crippen LogP contribution in [0.2, 0.25) is 0 Å². The van der Waals surface area contributed by atoms with Gasteiger partial charge in [-0.1, -0.05) is 0 Å². The van der Waals surface area contributed by atoms with E-state index in [0.29, 0.717) is 17.4 Å². The molecule has 1 aromatic heterocycles. The second kappa shape index (κ2) is 5.88. The molecule has 0 bridgehead atoms. The Kier molecular flexibility index (Phi) is 3.96. The number of carbonyl (C=O) groups excluding carboxylic acids is 1. The van der Waals surface area contributed by atoms with E-state index in [9.17, 15) is 14.7 Å².